The molecular weight excluding hydrogens is 755 g/mol. The van der Waals surface area contributed by atoms with Crippen LogP contribution in [0.3, 0.4) is 0 Å². The standard InChI is InChI=1S/C54H107N3O4/c1-7-11-15-19-21-25-33-50(32-24-17-13-9-3)46-55-53(59)37-28-23-30-39-56(41-38-49(5)6)42-43-57(44-45-58)40-31-29-34-51-47-60-54(61-48-51)52(35-26-18-14-10-4)36-27-22-20-16-12-8-2/h38,50-52,54,58H,7-37,39-48H2,1-6H3,(H,55,59). The molecule has 2 N–H and O–H groups in total. The number of aliphatic hydroxyl groups excluding tert-OH is 1. The molecule has 2 unspecified atom stereocenters. The third-order valence-electron chi connectivity index (χ3n) is 13.4. The molecule has 1 rings (SSSR count). The Bertz CT molecular complexity index is 966. The lowest BCUT2D eigenvalue weighted by atomic mass is 9.92. The summed E-state index contributed by atoms with van der Waals surface area (Å²) >= 11 is 0. The molecule has 61 heavy (non-hydrogen) atoms. The smallest absolute Gasteiger partial charge is 0.220 e. The molecule has 362 valence electrons. The quantitative estimate of drug-likeness (QED) is 0.0469. The Morgan fingerprint density at radius 1 is 0.590 bits per heavy atom. The van der Waals surface area contributed by atoms with Gasteiger partial charge in [-0.15, -0.1) is 0 Å². The summed E-state index contributed by atoms with van der Waals surface area (Å²) in [6.45, 7) is 22.1. The lowest BCUT2D eigenvalue weighted by Gasteiger charge is -2.34. The van der Waals surface area contributed by atoms with Crippen LogP contribution in [-0.2, 0) is 14.3 Å². The Balaban J connectivity index is 2.43. The van der Waals surface area contributed by atoms with Crippen LogP contribution in [0.25, 0.3) is 0 Å². The first-order valence-corrected chi connectivity index (χ1v) is 27.0. The number of nitrogens with zero attached hydrogens (tertiary/aromatic N) is 2. The number of hydrogen-bond acceptors (Lipinski definition) is 6. The Morgan fingerprint density at radius 2 is 1.07 bits per heavy atom. The van der Waals surface area contributed by atoms with E-state index in [2.05, 4.69) is 62.7 Å². The van der Waals surface area contributed by atoms with Crippen molar-refractivity contribution in [1.82, 2.24) is 15.1 Å². The van der Waals surface area contributed by atoms with E-state index in [1.165, 1.54) is 166 Å². The van der Waals surface area contributed by atoms with Gasteiger partial charge in [-0.25, -0.2) is 0 Å². The first kappa shape index (κ1) is 58.0. The lowest BCUT2D eigenvalue weighted by Crippen LogP contribution is -2.38. The zero-order valence-electron chi connectivity index (χ0n) is 41.9. The van der Waals surface area contributed by atoms with Crippen LogP contribution in [0.5, 0.6) is 0 Å². The normalized spacial score (nSPS) is 16.7. The average Bonchev–Trinajstić information content (AvgIpc) is 3.26. The number of rotatable bonds is 45. The minimum atomic E-state index is -0.00503. The van der Waals surface area contributed by atoms with Gasteiger partial charge in [0.15, 0.2) is 6.29 Å². The minimum absolute atomic E-state index is 0.00503. The first-order valence-electron chi connectivity index (χ1n) is 27.0. The number of carbonyl (C=O) groups is 1. The number of unbranched alkanes of at least 4 members (excludes halogenated alkanes) is 19. The van der Waals surface area contributed by atoms with E-state index in [-0.39, 0.29) is 18.8 Å². The van der Waals surface area contributed by atoms with Crippen LogP contribution < -0.4 is 5.32 Å². The first-order chi connectivity index (χ1) is 29.9. The number of allylic oxidation sites excluding steroid dienone is 1. The van der Waals surface area contributed by atoms with E-state index in [0.29, 0.717) is 24.2 Å². The van der Waals surface area contributed by atoms with Gasteiger partial charge >= 0.3 is 0 Å². The van der Waals surface area contributed by atoms with Crippen molar-refractivity contribution in [3.63, 3.8) is 0 Å². The summed E-state index contributed by atoms with van der Waals surface area (Å²) in [5, 5.41) is 13.2. The highest BCUT2D eigenvalue weighted by Gasteiger charge is 2.28. The lowest BCUT2D eigenvalue weighted by molar-refractivity contribution is -0.227. The molecule has 1 amide bonds. The number of carbonyl (C=O) groups excluding carboxylic acids is 1. The molecule has 0 saturated carbocycles. The van der Waals surface area contributed by atoms with Gasteiger partial charge in [-0.2, -0.15) is 0 Å². The van der Waals surface area contributed by atoms with E-state index in [9.17, 15) is 9.90 Å². The fourth-order valence-corrected chi connectivity index (χ4v) is 9.13. The molecule has 7 nitrogen and oxygen atoms in total. The molecule has 0 aromatic heterocycles. The Kier molecular flexibility index (Phi) is 40.8. The summed E-state index contributed by atoms with van der Waals surface area (Å²) in [5.74, 6) is 1.93. The maximum absolute atomic E-state index is 12.9. The van der Waals surface area contributed by atoms with Crippen LogP contribution in [0.1, 0.15) is 241 Å². The van der Waals surface area contributed by atoms with Gasteiger partial charge in [-0.1, -0.05) is 181 Å². The van der Waals surface area contributed by atoms with Crippen molar-refractivity contribution in [3.8, 4) is 0 Å². The van der Waals surface area contributed by atoms with Crippen molar-refractivity contribution in [2.45, 2.75) is 247 Å². The van der Waals surface area contributed by atoms with Crippen molar-refractivity contribution in [2.24, 2.45) is 17.8 Å². The fourth-order valence-electron chi connectivity index (χ4n) is 9.13. The fraction of sp³-hybridized carbons (Fsp3) is 0.944. The zero-order chi connectivity index (χ0) is 44.4. The van der Waals surface area contributed by atoms with Crippen LogP contribution in [0.4, 0.5) is 0 Å². The second kappa shape index (κ2) is 42.9. The molecule has 1 aliphatic heterocycles. The molecular formula is C54H107N3O4. The van der Waals surface area contributed by atoms with Gasteiger partial charge < -0.3 is 19.9 Å². The Morgan fingerprint density at radius 3 is 1.62 bits per heavy atom. The highest BCUT2D eigenvalue weighted by atomic mass is 16.7. The third kappa shape index (κ3) is 35.0. The molecule has 1 heterocycles. The number of aliphatic hydroxyl groups is 1. The van der Waals surface area contributed by atoms with Crippen LogP contribution >= 0.6 is 0 Å². The maximum atomic E-state index is 12.9. The monoisotopic (exact) mass is 862 g/mol. The van der Waals surface area contributed by atoms with Crippen molar-refractivity contribution in [2.75, 3.05) is 65.6 Å². The summed E-state index contributed by atoms with van der Waals surface area (Å²) in [4.78, 5) is 17.9. The Hall–Kier alpha value is -0.990. The molecule has 0 aromatic rings. The van der Waals surface area contributed by atoms with Gasteiger partial charge in [-0.05, 0) is 84.2 Å². The molecule has 0 bridgehead atoms. The van der Waals surface area contributed by atoms with E-state index in [1.807, 2.05) is 0 Å². The van der Waals surface area contributed by atoms with Crippen molar-refractivity contribution in [3.05, 3.63) is 11.6 Å². The molecule has 0 spiro atoms. The largest absolute Gasteiger partial charge is 0.395 e. The summed E-state index contributed by atoms with van der Waals surface area (Å²) < 4.78 is 12.9. The molecule has 1 aliphatic rings. The summed E-state index contributed by atoms with van der Waals surface area (Å²) in [6.07, 6.45) is 41.3. The molecule has 0 aliphatic carbocycles. The molecule has 7 heteroatoms. The third-order valence-corrected chi connectivity index (χ3v) is 13.4. The van der Waals surface area contributed by atoms with E-state index in [4.69, 9.17) is 9.47 Å². The SMILES string of the molecule is CCCCCCCCC(CCCCCC)CNC(=O)CCCCCN(CC=C(C)C)CCN(CCO)CCCCC1COC(C(CCCCCC)CCCCCCCC)OC1. The van der Waals surface area contributed by atoms with Gasteiger partial charge in [0, 0.05) is 51.0 Å². The van der Waals surface area contributed by atoms with Crippen LogP contribution in [0, 0.1) is 17.8 Å². The van der Waals surface area contributed by atoms with Crippen molar-refractivity contribution >= 4 is 5.91 Å². The van der Waals surface area contributed by atoms with Crippen LogP contribution in [0.15, 0.2) is 11.6 Å². The topological polar surface area (TPSA) is 74.3 Å². The van der Waals surface area contributed by atoms with Crippen molar-refractivity contribution in [1.29, 1.82) is 0 Å². The molecule has 1 saturated heterocycles. The maximum Gasteiger partial charge on any atom is 0.220 e. The van der Waals surface area contributed by atoms with Gasteiger partial charge in [-0.3, -0.25) is 14.6 Å². The molecule has 0 aromatic carbocycles. The van der Waals surface area contributed by atoms with Gasteiger partial charge in [0.2, 0.25) is 5.91 Å². The number of hydrogen-bond donors (Lipinski definition) is 2. The highest BCUT2D eigenvalue weighted by Crippen LogP contribution is 2.29. The van der Waals surface area contributed by atoms with Gasteiger partial charge in [0.1, 0.15) is 0 Å². The number of nitrogens with one attached hydrogen (secondary N) is 1. The van der Waals surface area contributed by atoms with Crippen LogP contribution in [0.2, 0.25) is 0 Å². The van der Waals surface area contributed by atoms with E-state index >= 15 is 0 Å². The zero-order valence-corrected chi connectivity index (χ0v) is 41.9. The molecule has 2 atom stereocenters. The second-order valence-corrected chi connectivity index (χ2v) is 19.6. The summed E-state index contributed by atoms with van der Waals surface area (Å²) in [6, 6.07) is 0. The van der Waals surface area contributed by atoms with E-state index in [0.717, 1.165) is 91.1 Å². The van der Waals surface area contributed by atoms with Crippen molar-refractivity contribution < 1.29 is 19.4 Å². The predicted molar refractivity (Wildman–Crippen MR) is 264 cm³/mol. The van der Waals surface area contributed by atoms with Crippen LogP contribution in [-0.4, -0.2) is 92.7 Å². The molecule has 0 radical (unpaired) electrons. The summed E-state index contributed by atoms with van der Waals surface area (Å²) in [7, 11) is 0. The average molecular weight is 862 g/mol. The minimum Gasteiger partial charge on any atom is -0.395 e. The summed E-state index contributed by atoms with van der Waals surface area (Å²) in [5.41, 5.74) is 1.36. The second-order valence-electron chi connectivity index (χ2n) is 19.6. The number of ether oxygens (including phenoxy) is 2. The molecule has 1 fully saturated rings. The van der Waals surface area contributed by atoms with E-state index < -0.39 is 0 Å². The van der Waals surface area contributed by atoms with Gasteiger partial charge in [0.05, 0.1) is 19.8 Å². The van der Waals surface area contributed by atoms with E-state index in [1.54, 1.807) is 0 Å². The highest BCUT2D eigenvalue weighted by molar-refractivity contribution is 5.75. The van der Waals surface area contributed by atoms with Gasteiger partial charge in [0.25, 0.3) is 0 Å². The number of amides is 1. The predicted octanol–water partition coefficient (Wildman–Crippen LogP) is 14.1. The Labute approximate surface area is 381 Å².